The molecule has 5 heterocycles. The van der Waals surface area contributed by atoms with Gasteiger partial charge in [-0.3, -0.25) is 9.88 Å². The first-order chi connectivity index (χ1) is 21.1. The van der Waals surface area contributed by atoms with Gasteiger partial charge in [0.1, 0.15) is 29.4 Å². The first kappa shape index (κ1) is 28.2. The monoisotopic (exact) mass is 587 g/mol. The Kier molecular flexibility index (Phi) is 7.99. The standard InChI is InChI=1S/C33H38FN5O4/c1-40-21-43-24-16-23-6-2-3-7-25(23)26(17-24)29-28(34)30-27(19-35-29)31(36-18-22-8-14-41-15-9-22)38-32(37-30)42-20-33-10-4-12-39(33)13-5-11-33/h2-3,6-7,16-17,19,22H,4-5,8-15,18,20-21H2,1H3,(H,36,37,38). The molecule has 2 aromatic carbocycles. The van der Waals surface area contributed by atoms with E-state index >= 15 is 4.39 Å². The lowest BCUT2D eigenvalue weighted by Gasteiger charge is -2.31. The molecule has 0 spiro atoms. The first-order valence-electron chi connectivity index (χ1n) is 15.3. The highest BCUT2D eigenvalue weighted by Gasteiger charge is 2.45. The summed E-state index contributed by atoms with van der Waals surface area (Å²) < 4.78 is 39.4. The van der Waals surface area contributed by atoms with Gasteiger partial charge < -0.3 is 24.3 Å². The molecule has 2 aromatic heterocycles. The third-order valence-corrected chi connectivity index (χ3v) is 9.28. The van der Waals surface area contributed by atoms with Gasteiger partial charge in [-0.2, -0.15) is 9.97 Å². The van der Waals surface area contributed by atoms with Gasteiger partial charge in [0.2, 0.25) is 0 Å². The van der Waals surface area contributed by atoms with Crippen LogP contribution in [0.15, 0.2) is 42.6 Å². The molecule has 1 N–H and O–H groups in total. The van der Waals surface area contributed by atoms with Crippen molar-refractivity contribution in [1.82, 2.24) is 19.9 Å². The minimum absolute atomic E-state index is 0.0253. The maximum atomic E-state index is 16.6. The molecule has 43 heavy (non-hydrogen) atoms. The maximum Gasteiger partial charge on any atom is 0.319 e. The van der Waals surface area contributed by atoms with Gasteiger partial charge in [-0.05, 0) is 80.4 Å². The molecule has 0 radical (unpaired) electrons. The van der Waals surface area contributed by atoms with Crippen molar-refractivity contribution in [2.24, 2.45) is 5.92 Å². The average Bonchev–Trinajstić information content (AvgIpc) is 3.63. The molecule has 0 unspecified atom stereocenters. The molecule has 3 saturated heterocycles. The number of nitrogens with one attached hydrogen (secondary N) is 1. The lowest BCUT2D eigenvalue weighted by molar-refractivity contribution is 0.0512. The van der Waals surface area contributed by atoms with Crippen molar-refractivity contribution < 1.29 is 23.3 Å². The summed E-state index contributed by atoms with van der Waals surface area (Å²) in [5, 5.41) is 5.78. The van der Waals surface area contributed by atoms with Crippen molar-refractivity contribution in [1.29, 1.82) is 0 Å². The van der Waals surface area contributed by atoms with Gasteiger partial charge in [-0.15, -0.1) is 0 Å². The van der Waals surface area contributed by atoms with Crippen molar-refractivity contribution in [2.75, 3.05) is 58.7 Å². The Morgan fingerprint density at radius 1 is 1.05 bits per heavy atom. The summed E-state index contributed by atoms with van der Waals surface area (Å²) >= 11 is 0. The lowest BCUT2D eigenvalue weighted by Crippen LogP contribution is -2.43. The predicted molar refractivity (Wildman–Crippen MR) is 163 cm³/mol. The van der Waals surface area contributed by atoms with Crippen molar-refractivity contribution in [3.63, 3.8) is 0 Å². The second kappa shape index (κ2) is 12.2. The van der Waals surface area contributed by atoms with Gasteiger partial charge in [0.15, 0.2) is 12.6 Å². The molecule has 0 atom stereocenters. The Labute approximate surface area is 250 Å². The Balaban J connectivity index is 1.29. The molecule has 0 aliphatic carbocycles. The van der Waals surface area contributed by atoms with E-state index in [4.69, 9.17) is 23.9 Å². The van der Waals surface area contributed by atoms with Crippen LogP contribution in [0.25, 0.3) is 32.9 Å². The molecule has 4 aromatic rings. The molecule has 0 amide bonds. The SMILES string of the molecule is COCOc1cc(-c2ncc3c(NCC4CCOCC4)nc(OCC45CCCN4CCC5)nc3c2F)c2ccccc2c1. The van der Waals surface area contributed by atoms with E-state index in [-0.39, 0.29) is 29.6 Å². The summed E-state index contributed by atoms with van der Waals surface area (Å²) in [6, 6.07) is 11.7. The highest BCUT2D eigenvalue weighted by Crippen LogP contribution is 2.40. The number of fused-ring (bicyclic) bond motifs is 3. The number of methoxy groups -OCH3 is 1. The molecular formula is C33H38FN5O4. The van der Waals surface area contributed by atoms with Crippen molar-refractivity contribution in [2.45, 2.75) is 44.1 Å². The highest BCUT2D eigenvalue weighted by atomic mass is 19.1. The first-order valence-corrected chi connectivity index (χ1v) is 15.3. The maximum absolute atomic E-state index is 16.6. The Morgan fingerprint density at radius 3 is 2.67 bits per heavy atom. The topological polar surface area (TPSA) is 90.9 Å². The number of halogens is 1. The van der Waals surface area contributed by atoms with Crippen molar-refractivity contribution in [3.8, 4) is 23.0 Å². The van der Waals surface area contributed by atoms with Crippen LogP contribution in [0, 0.1) is 11.7 Å². The largest absolute Gasteiger partial charge is 0.468 e. The lowest BCUT2D eigenvalue weighted by atomic mass is 9.95. The number of rotatable bonds is 10. The molecule has 9 nitrogen and oxygen atoms in total. The summed E-state index contributed by atoms with van der Waals surface area (Å²) in [4.78, 5) is 16.6. The molecule has 7 rings (SSSR count). The summed E-state index contributed by atoms with van der Waals surface area (Å²) in [6.45, 7) is 5.01. The third-order valence-electron chi connectivity index (χ3n) is 9.28. The molecule has 3 fully saturated rings. The van der Waals surface area contributed by atoms with Crippen LogP contribution in [0.1, 0.15) is 38.5 Å². The average molecular weight is 588 g/mol. The Morgan fingerprint density at radius 2 is 1.86 bits per heavy atom. The number of benzene rings is 2. The van der Waals surface area contributed by atoms with Crippen LogP contribution >= 0.6 is 0 Å². The van der Waals surface area contributed by atoms with E-state index in [1.807, 2.05) is 30.3 Å². The minimum atomic E-state index is -0.519. The normalized spacial score (nSPS) is 18.7. The van der Waals surface area contributed by atoms with E-state index in [0.717, 1.165) is 62.8 Å². The number of anilines is 1. The number of pyridine rings is 1. The van der Waals surface area contributed by atoms with E-state index in [0.29, 0.717) is 41.6 Å². The van der Waals surface area contributed by atoms with Gasteiger partial charge in [0.05, 0.1) is 10.9 Å². The number of hydrogen-bond acceptors (Lipinski definition) is 9. The van der Waals surface area contributed by atoms with Crippen LogP contribution in [0.5, 0.6) is 11.8 Å². The van der Waals surface area contributed by atoms with Gasteiger partial charge in [-0.25, -0.2) is 4.39 Å². The second-order valence-corrected chi connectivity index (χ2v) is 11.9. The van der Waals surface area contributed by atoms with Crippen LogP contribution in [0.2, 0.25) is 0 Å². The van der Waals surface area contributed by atoms with Gasteiger partial charge in [0, 0.05) is 38.6 Å². The smallest absolute Gasteiger partial charge is 0.319 e. The molecule has 3 aliphatic heterocycles. The fourth-order valence-corrected chi connectivity index (χ4v) is 6.96. The summed E-state index contributed by atoms with van der Waals surface area (Å²) in [5.74, 6) is 1.04. The van der Waals surface area contributed by atoms with E-state index in [1.54, 1.807) is 19.4 Å². The molecular weight excluding hydrogens is 549 g/mol. The molecule has 0 saturated carbocycles. The second-order valence-electron chi connectivity index (χ2n) is 11.9. The van der Waals surface area contributed by atoms with Crippen LogP contribution in [-0.2, 0) is 9.47 Å². The summed E-state index contributed by atoms with van der Waals surface area (Å²) in [7, 11) is 1.57. The van der Waals surface area contributed by atoms with Crippen LogP contribution in [-0.4, -0.2) is 78.7 Å². The number of aromatic nitrogens is 3. The third kappa shape index (κ3) is 5.59. The van der Waals surface area contributed by atoms with Gasteiger partial charge in [0.25, 0.3) is 0 Å². The quantitative estimate of drug-likeness (QED) is 0.231. The predicted octanol–water partition coefficient (Wildman–Crippen LogP) is 5.81. The number of hydrogen-bond donors (Lipinski definition) is 1. The van der Waals surface area contributed by atoms with E-state index in [1.165, 1.54) is 12.8 Å². The Hall–Kier alpha value is -3.60. The molecule has 0 bridgehead atoms. The fourth-order valence-electron chi connectivity index (χ4n) is 6.96. The summed E-state index contributed by atoms with van der Waals surface area (Å²) in [6.07, 6.45) is 8.16. The van der Waals surface area contributed by atoms with Gasteiger partial charge in [-0.1, -0.05) is 24.3 Å². The molecule has 226 valence electrons. The fraction of sp³-hybridized carbons (Fsp3) is 0.485. The van der Waals surface area contributed by atoms with Crippen LogP contribution in [0.4, 0.5) is 10.2 Å². The number of nitrogens with zero attached hydrogens (tertiary/aromatic N) is 4. The Bertz CT molecular complexity index is 1600. The van der Waals surface area contributed by atoms with Crippen molar-refractivity contribution >= 4 is 27.5 Å². The zero-order chi connectivity index (χ0) is 29.2. The molecule has 3 aliphatic rings. The van der Waals surface area contributed by atoms with Gasteiger partial charge >= 0.3 is 6.01 Å². The van der Waals surface area contributed by atoms with Crippen molar-refractivity contribution in [3.05, 3.63) is 48.4 Å². The zero-order valence-corrected chi connectivity index (χ0v) is 24.6. The van der Waals surface area contributed by atoms with E-state index in [9.17, 15) is 0 Å². The molecule has 10 heteroatoms. The van der Waals surface area contributed by atoms with E-state index < -0.39 is 5.82 Å². The van der Waals surface area contributed by atoms with Crippen LogP contribution < -0.4 is 14.8 Å². The zero-order valence-electron chi connectivity index (χ0n) is 24.6. The van der Waals surface area contributed by atoms with E-state index in [2.05, 4.69) is 20.2 Å². The number of ether oxygens (including phenoxy) is 4. The van der Waals surface area contributed by atoms with Crippen LogP contribution in [0.3, 0.4) is 0 Å². The summed E-state index contributed by atoms with van der Waals surface area (Å²) in [5.41, 5.74) is 1.03. The minimum Gasteiger partial charge on any atom is -0.468 e. The highest BCUT2D eigenvalue weighted by molar-refractivity contribution is 5.99.